The number of halogens is 3. The van der Waals surface area contributed by atoms with Crippen LogP contribution < -0.4 is 4.72 Å². The number of aryl methyl sites for hydroxylation is 1. The molecular weight excluding hydrogens is 325 g/mol. The first-order valence-corrected chi connectivity index (χ1v) is 7.23. The zero-order valence-corrected chi connectivity index (χ0v) is 11.9. The van der Waals surface area contributed by atoms with Gasteiger partial charge < -0.3 is 0 Å². The van der Waals surface area contributed by atoms with Gasteiger partial charge in [0, 0.05) is 18.7 Å². The molecule has 2 rings (SSSR count). The number of rotatable bonds is 4. The Balaban J connectivity index is 2.18. The summed E-state index contributed by atoms with van der Waals surface area (Å²) in [6.45, 7) is 0. The van der Waals surface area contributed by atoms with Gasteiger partial charge in [0.15, 0.2) is 16.7 Å². The minimum Gasteiger partial charge on any atom is -0.274 e. The molecule has 118 valence electrons. The molecule has 0 fully saturated rings. The van der Waals surface area contributed by atoms with Gasteiger partial charge in [-0.3, -0.25) is 4.79 Å². The van der Waals surface area contributed by atoms with E-state index in [1.54, 1.807) is 4.72 Å². The van der Waals surface area contributed by atoms with Crippen LogP contribution in [0.25, 0.3) is 0 Å². The van der Waals surface area contributed by atoms with Crippen molar-refractivity contribution in [2.45, 2.75) is 11.4 Å². The molecule has 0 aliphatic heterocycles. The minimum atomic E-state index is -4.25. The number of hydrogen-bond acceptors (Lipinski definition) is 5. The average Bonchev–Trinajstić information content (AvgIpc) is 2.82. The van der Waals surface area contributed by atoms with Crippen LogP contribution in [-0.2, 0) is 28.3 Å². The molecule has 11 heteroatoms. The van der Waals surface area contributed by atoms with E-state index in [0.717, 1.165) is 10.9 Å². The highest BCUT2D eigenvalue weighted by Crippen LogP contribution is 2.14. The summed E-state index contributed by atoms with van der Waals surface area (Å²) in [4.78, 5) is 11.7. The molecular formula is C11H9F3N4O3S. The molecule has 0 atom stereocenters. The number of hydrogen-bond donors (Lipinski definition) is 1. The third-order valence-electron chi connectivity index (χ3n) is 2.64. The molecule has 1 amide bonds. The first-order chi connectivity index (χ1) is 10.2. The lowest BCUT2D eigenvalue weighted by Crippen LogP contribution is -2.33. The van der Waals surface area contributed by atoms with Crippen LogP contribution in [0.2, 0.25) is 0 Å². The number of aromatic nitrogens is 3. The Kier molecular flexibility index (Phi) is 4.17. The van der Waals surface area contributed by atoms with Gasteiger partial charge in [0.1, 0.15) is 5.82 Å². The fraction of sp³-hybridized carbons (Fsp3) is 0.182. The Hall–Kier alpha value is -2.43. The molecule has 0 spiro atoms. The molecule has 0 bridgehead atoms. The molecule has 22 heavy (non-hydrogen) atoms. The molecule has 0 saturated heterocycles. The number of nitrogens with one attached hydrogen (secondary N) is 1. The third-order valence-corrected chi connectivity index (χ3v) is 4.05. The van der Waals surface area contributed by atoms with Crippen molar-refractivity contribution in [3.63, 3.8) is 0 Å². The van der Waals surface area contributed by atoms with Crippen molar-refractivity contribution in [3.8, 4) is 0 Å². The number of sulfonamides is 1. The van der Waals surface area contributed by atoms with Crippen LogP contribution in [0.3, 0.4) is 0 Å². The molecule has 1 heterocycles. The monoisotopic (exact) mass is 334 g/mol. The van der Waals surface area contributed by atoms with Crippen molar-refractivity contribution in [3.05, 3.63) is 41.3 Å². The number of carbonyl (C=O) groups excluding carboxylic acids is 1. The standard InChI is InChI=1S/C11H9F3N4O3S/c1-18-11(5-15-17-18)22(20,21)16-10(19)3-6-2-8(13)9(14)4-7(6)12/h2,4-5H,3H2,1H3,(H,16,19). The molecule has 0 aliphatic rings. The van der Waals surface area contributed by atoms with Gasteiger partial charge in [-0.2, -0.15) is 8.42 Å². The fourth-order valence-corrected chi connectivity index (χ4v) is 2.68. The quantitative estimate of drug-likeness (QED) is 0.811. The summed E-state index contributed by atoms with van der Waals surface area (Å²) in [5.74, 6) is -5.03. The molecule has 0 saturated carbocycles. The SMILES string of the molecule is Cn1nncc1S(=O)(=O)NC(=O)Cc1cc(F)c(F)cc1F. The van der Waals surface area contributed by atoms with Gasteiger partial charge in [0.2, 0.25) is 5.91 Å². The normalized spacial score (nSPS) is 11.5. The maximum absolute atomic E-state index is 13.4. The summed E-state index contributed by atoms with van der Waals surface area (Å²) >= 11 is 0. The van der Waals surface area contributed by atoms with Crippen LogP contribution in [-0.4, -0.2) is 29.3 Å². The molecule has 2 aromatic rings. The highest BCUT2D eigenvalue weighted by Gasteiger charge is 2.23. The van der Waals surface area contributed by atoms with E-state index in [4.69, 9.17) is 0 Å². The van der Waals surface area contributed by atoms with E-state index >= 15 is 0 Å². The summed E-state index contributed by atoms with van der Waals surface area (Å²) in [6, 6.07) is 0.764. The van der Waals surface area contributed by atoms with Gasteiger partial charge in [-0.1, -0.05) is 5.21 Å². The van der Waals surface area contributed by atoms with E-state index in [1.165, 1.54) is 7.05 Å². The predicted octanol–water partition coefficient (Wildman–Crippen LogP) is 0.280. The zero-order valence-electron chi connectivity index (χ0n) is 11.0. The van der Waals surface area contributed by atoms with Crippen LogP contribution in [0.5, 0.6) is 0 Å². The lowest BCUT2D eigenvalue weighted by Gasteiger charge is -2.07. The van der Waals surface area contributed by atoms with E-state index in [-0.39, 0.29) is 11.1 Å². The Bertz CT molecular complexity index is 835. The predicted molar refractivity (Wildman–Crippen MR) is 66.4 cm³/mol. The molecule has 1 aromatic carbocycles. The first kappa shape index (κ1) is 15.9. The Morgan fingerprint density at radius 2 is 1.86 bits per heavy atom. The van der Waals surface area contributed by atoms with Crippen molar-refractivity contribution in [1.82, 2.24) is 19.7 Å². The van der Waals surface area contributed by atoms with Gasteiger partial charge in [-0.25, -0.2) is 22.6 Å². The van der Waals surface area contributed by atoms with E-state index in [2.05, 4.69) is 10.3 Å². The van der Waals surface area contributed by atoms with Crippen LogP contribution in [0.1, 0.15) is 5.56 Å². The maximum Gasteiger partial charge on any atom is 0.282 e. The second-order valence-corrected chi connectivity index (χ2v) is 5.89. The second kappa shape index (κ2) is 5.75. The van der Waals surface area contributed by atoms with Gasteiger partial charge in [0.25, 0.3) is 10.0 Å². The Labute approximate surface area is 122 Å². The topological polar surface area (TPSA) is 93.9 Å². The van der Waals surface area contributed by atoms with Gasteiger partial charge in [-0.05, 0) is 6.07 Å². The van der Waals surface area contributed by atoms with Crippen molar-refractivity contribution in [2.75, 3.05) is 0 Å². The summed E-state index contributed by atoms with van der Waals surface area (Å²) in [7, 11) is -2.96. The summed E-state index contributed by atoms with van der Waals surface area (Å²) in [5, 5.41) is 6.36. The molecule has 7 nitrogen and oxygen atoms in total. The second-order valence-electron chi connectivity index (χ2n) is 4.26. The van der Waals surface area contributed by atoms with Crippen molar-refractivity contribution < 1.29 is 26.4 Å². The highest BCUT2D eigenvalue weighted by atomic mass is 32.2. The minimum absolute atomic E-state index is 0.275. The Morgan fingerprint density at radius 1 is 1.23 bits per heavy atom. The van der Waals surface area contributed by atoms with Crippen molar-refractivity contribution in [2.24, 2.45) is 7.05 Å². The number of nitrogens with zero attached hydrogens (tertiary/aromatic N) is 3. The average molecular weight is 334 g/mol. The van der Waals surface area contributed by atoms with Gasteiger partial charge >= 0.3 is 0 Å². The molecule has 1 N–H and O–H groups in total. The molecule has 0 unspecified atom stereocenters. The molecule has 0 aliphatic carbocycles. The zero-order chi connectivity index (χ0) is 16.5. The van der Waals surface area contributed by atoms with E-state index in [9.17, 15) is 26.4 Å². The summed E-state index contributed by atoms with van der Waals surface area (Å²) < 4.78 is 65.5. The lowest BCUT2D eigenvalue weighted by molar-refractivity contribution is -0.118. The third kappa shape index (κ3) is 3.24. The van der Waals surface area contributed by atoms with Crippen LogP contribution in [0.4, 0.5) is 13.2 Å². The van der Waals surface area contributed by atoms with E-state index < -0.39 is 45.4 Å². The van der Waals surface area contributed by atoms with Gasteiger partial charge in [-0.15, -0.1) is 5.10 Å². The van der Waals surface area contributed by atoms with Crippen molar-refractivity contribution in [1.29, 1.82) is 0 Å². The fourth-order valence-electron chi connectivity index (χ4n) is 1.63. The molecule has 1 aromatic heterocycles. The number of amides is 1. The van der Waals surface area contributed by atoms with Gasteiger partial charge in [0.05, 0.1) is 12.6 Å². The first-order valence-electron chi connectivity index (χ1n) is 5.74. The van der Waals surface area contributed by atoms with E-state index in [1.807, 2.05) is 0 Å². The number of carbonyl (C=O) groups is 1. The Morgan fingerprint density at radius 3 is 2.45 bits per heavy atom. The lowest BCUT2D eigenvalue weighted by atomic mass is 10.1. The summed E-state index contributed by atoms with van der Waals surface area (Å²) in [5.41, 5.74) is -0.477. The van der Waals surface area contributed by atoms with Crippen molar-refractivity contribution >= 4 is 15.9 Å². The van der Waals surface area contributed by atoms with Crippen LogP contribution in [0.15, 0.2) is 23.4 Å². The number of benzene rings is 1. The maximum atomic E-state index is 13.4. The van der Waals surface area contributed by atoms with Crippen LogP contribution >= 0.6 is 0 Å². The smallest absolute Gasteiger partial charge is 0.274 e. The summed E-state index contributed by atoms with van der Waals surface area (Å²) in [6.07, 6.45) is 0.126. The largest absolute Gasteiger partial charge is 0.282 e. The molecule has 0 radical (unpaired) electrons. The highest BCUT2D eigenvalue weighted by molar-refractivity contribution is 7.90. The van der Waals surface area contributed by atoms with Crippen LogP contribution in [0, 0.1) is 17.5 Å². The van der Waals surface area contributed by atoms with E-state index in [0.29, 0.717) is 6.07 Å².